The van der Waals surface area contributed by atoms with Crippen LogP contribution in [0.15, 0.2) is 12.1 Å². The predicted molar refractivity (Wildman–Crippen MR) is 76.6 cm³/mol. The van der Waals surface area contributed by atoms with E-state index in [1.54, 1.807) is 26.8 Å². The van der Waals surface area contributed by atoms with Crippen LogP contribution in [-0.4, -0.2) is 23.5 Å². The van der Waals surface area contributed by atoms with Crippen molar-refractivity contribution in [1.82, 2.24) is 5.32 Å². The molecule has 1 atom stereocenters. The summed E-state index contributed by atoms with van der Waals surface area (Å²) in [5, 5.41) is 11.8. The number of thiophene rings is 1. The maximum Gasteiger partial charge on any atom is 0.316 e. The zero-order valence-corrected chi connectivity index (χ0v) is 12.8. The van der Waals surface area contributed by atoms with Crippen molar-refractivity contribution in [3.63, 3.8) is 0 Å². The van der Waals surface area contributed by atoms with Crippen LogP contribution in [0.5, 0.6) is 0 Å². The first-order valence-electron chi connectivity index (χ1n) is 5.96. The number of rotatable bonds is 5. The van der Waals surface area contributed by atoms with Crippen LogP contribution >= 0.6 is 22.9 Å². The first-order valence-corrected chi connectivity index (χ1v) is 7.16. The zero-order valence-electron chi connectivity index (χ0n) is 11.2. The van der Waals surface area contributed by atoms with E-state index >= 15 is 0 Å². The van der Waals surface area contributed by atoms with Crippen molar-refractivity contribution >= 4 is 34.8 Å². The molecule has 0 saturated heterocycles. The van der Waals surface area contributed by atoms with Crippen molar-refractivity contribution in [3.8, 4) is 0 Å². The minimum absolute atomic E-state index is 0.412. The van der Waals surface area contributed by atoms with E-state index in [0.717, 1.165) is 4.88 Å². The van der Waals surface area contributed by atoms with Gasteiger partial charge >= 0.3 is 5.97 Å². The highest BCUT2D eigenvalue weighted by Gasteiger charge is 2.37. The van der Waals surface area contributed by atoms with E-state index in [-0.39, 0.29) is 0 Å². The molecule has 1 aromatic heterocycles. The van der Waals surface area contributed by atoms with Gasteiger partial charge < -0.3 is 10.4 Å². The number of carbonyl (C=O) groups is 2. The second-order valence-electron chi connectivity index (χ2n) is 5.38. The van der Waals surface area contributed by atoms with Gasteiger partial charge in [-0.25, -0.2) is 0 Å². The Balaban J connectivity index is 2.52. The number of aliphatic carboxylic acids is 1. The van der Waals surface area contributed by atoms with Gasteiger partial charge in [0, 0.05) is 11.4 Å². The van der Waals surface area contributed by atoms with Crippen LogP contribution < -0.4 is 5.32 Å². The quantitative estimate of drug-likeness (QED) is 0.822. The minimum atomic E-state index is -1.09. The first kappa shape index (κ1) is 16.0. The predicted octanol–water partition coefficient (Wildman–Crippen LogP) is 2.81. The highest BCUT2D eigenvalue weighted by Crippen LogP contribution is 2.26. The number of carboxylic acid groups (broad SMARTS) is 1. The summed E-state index contributed by atoms with van der Waals surface area (Å²) in [6.07, 6.45) is 0.652. The highest BCUT2D eigenvalue weighted by molar-refractivity contribution is 7.16. The third-order valence-electron chi connectivity index (χ3n) is 2.67. The molecular weight excluding hydrogens is 286 g/mol. The van der Waals surface area contributed by atoms with Crippen molar-refractivity contribution in [2.75, 3.05) is 6.54 Å². The van der Waals surface area contributed by atoms with Crippen LogP contribution in [0.4, 0.5) is 0 Å². The molecule has 0 aromatic carbocycles. The lowest BCUT2D eigenvalue weighted by Crippen LogP contribution is -2.43. The normalized spacial score (nSPS) is 13.1. The average Bonchev–Trinajstić information content (AvgIpc) is 2.61. The lowest BCUT2D eigenvalue weighted by molar-refractivity contribution is -0.151. The highest BCUT2D eigenvalue weighted by atomic mass is 35.5. The smallest absolute Gasteiger partial charge is 0.316 e. The van der Waals surface area contributed by atoms with E-state index in [1.165, 1.54) is 11.3 Å². The fourth-order valence-corrected chi connectivity index (χ4v) is 2.86. The number of nitrogens with one attached hydrogen (secondary N) is 1. The molecule has 1 heterocycles. The van der Waals surface area contributed by atoms with Crippen molar-refractivity contribution < 1.29 is 14.7 Å². The summed E-state index contributed by atoms with van der Waals surface area (Å²) >= 11 is 7.26. The molecule has 0 fully saturated rings. The summed E-state index contributed by atoms with van der Waals surface area (Å²) in [7, 11) is 0. The van der Waals surface area contributed by atoms with Gasteiger partial charge in [0.05, 0.1) is 4.34 Å². The van der Waals surface area contributed by atoms with Crippen molar-refractivity contribution in [2.45, 2.75) is 27.2 Å². The van der Waals surface area contributed by atoms with Crippen LogP contribution in [0, 0.1) is 11.3 Å². The molecule has 0 aliphatic heterocycles. The molecule has 106 valence electrons. The Bertz CT molecular complexity index is 465. The summed E-state index contributed by atoms with van der Waals surface area (Å²) in [5.41, 5.74) is -0.609. The van der Waals surface area contributed by atoms with Gasteiger partial charge in [-0.3, -0.25) is 9.59 Å². The van der Waals surface area contributed by atoms with E-state index in [9.17, 15) is 9.59 Å². The number of hydrogen-bond donors (Lipinski definition) is 2. The topological polar surface area (TPSA) is 66.4 Å². The molecule has 2 N–H and O–H groups in total. The molecule has 6 heteroatoms. The number of carbonyl (C=O) groups excluding carboxylic acids is 1. The molecule has 1 aromatic rings. The van der Waals surface area contributed by atoms with Gasteiger partial charge in [-0.2, -0.15) is 0 Å². The maximum atomic E-state index is 11.9. The van der Waals surface area contributed by atoms with Crippen molar-refractivity contribution in [2.24, 2.45) is 11.3 Å². The van der Waals surface area contributed by atoms with Gasteiger partial charge in [0.2, 0.25) is 5.91 Å². The van der Waals surface area contributed by atoms with E-state index in [0.29, 0.717) is 17.3 Å². The molecule has 0 spiro atoms. The molecule has 4 nitrogen and oxygen atoms in total. The summed E-state index contributed by atoms with van der Waals surface area (Å²) < 4.78 is 0.708. The fraction of sp³-hybridized carbons (Fsp3) is 0.538. The molecule has 1 unspecified atom stereocenters. The molecule has 0 radical (unpaired) electrons. The number of carboxylic acids is 1. The molecule has 1 rings (SSSR count). The Kier molecular flexibility index (Phi) is 5.38. The lowest BCUT2D eigenvalue weighted by atomic mass is 9.80. The number of halogens is 1. The number of amides is 1. The molecule has 1 amide bonds. The minimum Gasteiger partial charge on any atom is -0.481 e. The Morgan fingerprint density at radius 2 is 2.05 bits per heavy atom. The van der Waals surface area contributed by atoms with E-state index in [2.05, 4.69) is 5.32 Å². The monoisotopic (exact) mass is 303 g/mol. The van der Waals surface area contributed by atoms with E-state index in [1.807, 2.05) is 6.07 Å². The van der Waals surface area contributed by atoms with Crippen LogP contribution in [0.2, 0.25) is 4.34 Å². The van der Waals surface area contributed by atoms with Gasteiger partial charge in [0.15, 0.2) is 0 Å². The molecule has 19 heavy (non-hydrogen) atoms. The van der Waals surface area contributed by atoms with Gasteiger partial charge in [-0.1, -0.05) is 32.4 Å². The summed E-state index contributed by atoms with van der Waals surface area (Å²) in [4.78, 5) is 24.1. The Morgan fingerprint density at radius 3 is 2.47 bits per heavy atom. The molecule has 0 bridgehead atoms. The molecule has 0 saturated carbocycles. The Morgan fingerprint density at radius 1 is 1.42 bits per heavy atom. The van der Waals surface area contributed by atoms with Crippen LogP contribution in [0.1, 0.15) is 25.6 Å². The second-order valence-corrected chi connectivity index (χ2v) is 7.18. The van der Waals surface area contributed by atoms with Crippen molar-refractivity contribution in [3.05, 3.63) is 21.3 Å². The van der Waals surface area contributed by atoms with Gasteiger partial charge in [-0.15, -0.1) is 11.3 Å². The Hall–Kier alpha value is -1.07. The maximum absolute atomic E-state index is 11.9. The summed E-state index contributed by atoms with van der Waals surface area (Å²) in [5.74, 6) is -2.58. The van der Waals surface area contributed by atoms with Crippen molar-refractivity contribution in [1.29, 1.82) is 0 Å². The second kappa shape index (κ2) is 6.39. The fourth-order valence-electron chi connectivity index (χ4n) is 1.77. The SMILES string of the molecule is CC(C)(C)C(C(=O)O)C(=O)NCCc1ccc(Cl)s1. The third-order valence-corrected chi connectivity index (χ3v) is 3.97. The largest absolute Gasteiger partial charge is 0.481 e. The van der Waals surface area contributed by atoms with E-state index < -0.39 is 23.2 Å². The first-order chi connectivity index (χ1) is 8.71. The molecule has 0 aliphatic carbocycles. The molecule has 0 aliphatic rings. The van der Waals surface area contributed by atoms with Crippen LogP contribution in [-0.2, 0) is 16.0 Å². The summed E-state index contributed by atoms with van der Waals surface area (Å²) in [6.45, 7) is 5.63. The van der Waals surface area contributed by atoms with Gasteiger partial charge in [0.25, 0.3) is 0 Å². The Labute approximate surface area is 121 Å². The van der Waals surface area contributed by atoms with Gasteiger partial charge in [-0.05, 0) is 24.0 Å². The average molecular weight is 304 g/mol. The standard InChI is InChI=1S/C13H18ClNO3S/c1-13(2,3)10(12(17)18)11(16)15-7-6-8-4-5-9(14)19-8/h4-5,10H,6-7H2,1-3H3,(H,15,16)(H,17,18). The van der Waals surface area contributed by atoms with Crippen LogP contribution in [0.3, 0.4) is 0 Å². The van der Waals surface area contributed by atoms with Gasteiger partial charge in [0.1, 0.15) is 5.92 Å². The van der Waals surface area contributed by atoms with E-state index in [4.69, 9.17) is 16.7 Å². The number of hydrogen-bond acceptors (Lipinski definition) is 3. The zero-order chi connectivity index (χ0) is 14.6. The third kappa shape index (κ3) is 4.84. The van der Waals surface area contributed by atoms with Crippen LogP contribution in [0.25, 0.3) is 0 Å². The molecular formula is C13H18ClNO3S. The summed E-state index contributed by atoms with van der Waals surface area (Å²) in [6, 6.07) is 3.70. The lowest BCUT2D eigenvalue weighted by Gasteiger charge is -2.25.